The number of hydrogen-bond acceptors (Lipinski definition) is 4. The second-order valence-electron chi connectivity index (χ2n) is 3.18. The lowest BCUT2D eigenvalue weighted by molar-refractivity contribution is 0.268. The van der Waals surface area contributed by atoms with Crippen molar-refractivity contribution < 1.29 is 5.11 Å². The highest BCUT2D eigenvalue weighted by Crippen LogP contribution is 2.08. The van der Waals surface area contributed by atoms with Crippen LogP contribution in [0.3, 0.4) is 0 Å². The Morgan fingerprint density at radius 1 is 1.69 bits per heavy atom. The molecule has 1 heterocycles. The quantitative estimate of drug-likeness (QED) is 0.753. The Morgan fingerprint density at radius 2 is 2.46 bits per heavy atom. The first-order chi connectivity index (χ1) is 6.22. The molecule has 0 fully saturated rings. The average molecular weight is 200 g/mol. The van der Waals surface area contributed by atoms with Crippen LogP contribution < -0.4 is 5.32 Å². The number of rotatable bonds is 5. The van der Waals surface area contributed by atoms with E-state index < -0.39 is 0 Å². The molecule has 0 saturated heterocycles. The van der Waals surface area contributed by atoms with Gasteiger partial charge >= 0.3 is 0 Å². The fraction of sp³-hybridized carbons (Fsp3) is 0.667. The smallest absolute Gasteiger partial charge is 0.107 e. The third kappa shape index (κ3) is 3.85. The summed E-state index contributed by atoms with van der Waals surface area (Å²) in [6.45, 7) is 5.11. The van der Waals surface area contributed by atoms with E-state index in [0.717, 1.165) is 23.7 Å². The molecule has 3 nitrogen and oxygen atoms in total. The van der Waals surface area contributed by atoms with Gasteiger partial charge in [-0.25, -0.2) is 4.98 Å². The zero-order chi connectivity index (χ0) is 9.68. The molecule has 1 aromatic heterocycles. The van der Waals surface area contributed by atoms with Crippen LogP contribution in [-0.2, 0) is 6.54 Å². The highest BCUT2D eigenvalue weighted by molar-refractivity contribution is 7.09. The molecule has 0 amide bonds. The standard InChI is InChI=1S/C9H16N2OS/c1-7(3-4-12)10-5-9-11-8(2)6-13-9/h6-7,10,12H,3-5H2,1-2H3. The third-order valence-corrected chi connectivity index (χ3v) is 2.80. The van der Waals surface area contributed by atoms with Gasteiger partial charge in [0.05, 0.1) is 0 Å². The van der Waals surface area contributed by atoms with Crippen molar-refractivity contribution in [2.24, 2.45) is 0 Å². The van der Waals surface area contributed by atoms with Crippen LogP contribution in [0.2, 0.25) is 0 Å². The summed E-state index contributed by atoms with van der Waals surface area (Å²) < 4.78 is 0. The van der Waals surface area contributed by atoms with Crippen LogP contribution in [0.15, 0.2) is 5.38 Å². The highest BCUT2D eigenvalue weighted by atomic mass is 32.1. The van der Waals surface area contributed by atoms with E-state index in [0.29, 0.717) is 6.04 Å². The first-order valence-corrected chi connectivity index (χ1v) is 5.35. The van der Waals surface area contributed by atoms with Gasteiger partial charge in [-0.2, -0.15) is 0 Å². The van der Waals surface area contributed by atoms with Crippen LogP contribution >= 0.6 is 11.3 Å². The number of hydrogen-bond donors (Lipinski definition) is 2. The number of aliphatic hydroxyl groups excluding tert-OH is 1. The summed E-state index contributed by atoms with van der Waals surface area (Å²) in [6.07, 6.45) is 0.796. The van der Waals surface area contributed by atoms with Crippen LogP contribution in [0.4, 0.5) is 0 Å². The summed E-state index contributed by atoms with van der Waals surface area (Å²) in [6, 6.07) is 0.356. The van der Waals surface area contributed by atoms with Gasteiger partial charge in [0, 0.05) is 30.3 Å². The Hall–Kier alpha value is -0.450. The lowest BCUT2D eigenvalue weighted by Crippen LogP contribution is -2.26. The van der Waals surface area contributed by atoms with Crippen molar-refractivity contribution in [2.45, 2.75) is 32.9 Å². The van der Waals surface area contributed by atoms with Gasteiger partial charge in [0.1, 0.15) is 5.01 Å². The third-order valence-electron chi connectivity index (χ3n) is 1.83. The van der Waals surface area contributed by atoms with Gasteiger partial charge in [-0.1, -0.05) is 0 Å². The van der Waals surface area contributed by atoms with E-state index in [1.807, 2.05) is 12.3 Å². The normalized spacial score (nSPS) is 13.2. The van der Waals surface area contributed by atoms with Crippen molar-refractivity contribution in [3.63, 3.8) is 0 Å². The molecule has 1 atom stereocenters. The van der Waals surface area contributed by atoms with Crippen molar-refractivity contribution in [1.82, 2.24) is 10.3 Å². The van der Waals surface area contributed by atoms with Crippen molar-refractivity contribution in [3.8, 4) is 0 Å². The summed E-state index contributed by atoms with van der Waals surface area (Å²) in [7, 11) is 0. The monoisotopic (exact) mass is 200 g/mol. The molecule has 1 unspecified atom stereocenters. The topological polar surface area (TPSA) is 45.1 Å². The van der Waals surface area contributed by atoms with Crippen molar-refractivity contribution in [3.05, 3.63) is 16.1 Å². The molecule has 13 heavy (non-hydrogen) atoms. The Bertz CT molecular complexity index is 250. The fourth-order valence-corrected chi connectivity index (χ4v) is 1.76. The van der Waals surface area contributed by atoms with Gasteiger partial charge in [-0.15, -0.1) is 11.3 Å². The fourth-order valence-electron chi connectivity index (χ4n) is 1.04. The lowest BCUT2D eigenvalue weighted by atomic mass is 10.2. The number of thiazole rings is 1. The zero-order valence-electron chi connectivity index (χ0n) is 8.08. The van der Waals surface area contributed by atoms with Crippen molar-refractivity contribution in [2.75, 3.05) is 6.61 Å². The van der Waals surface area contributed by atoms with Crippen LogP contribution in [-0.4, -0.2) is 22.7 Å². The summed E-state index contributed by atoms with van der Waals surface area (Å²) in [5.41, 5.74) is 1.08. The lowest BCUT2D eigenvalue weighted by Gasteiger charge is -2.10. The van der Waals surface area contributed by atoms with Crippen molar-refractivity contribution in [1.29, 1.82) is 0 Å². The molecule has 1 aromatic rings. The van der Waals surface area contributed by atoms with Gasteiger partial charge in [0.15, 0.2) is 0 Å². The maximum absolute atomic E-state index is 8.68. The van der Waals surface area contributed by atoms with Crippen LogP contribution in [0.25, 0.3) is 0 Å². The number of nitrogens with zero attached hydrogens (tertiary/aromatic N) is 1. The molecule has 1 rings (SSSR count). The summed E-state index contributed by atoms with van der Waals surface area (Å²) in [4.78, 5) is 4.34. The van der Waals surface area contributed by atoms with E-state index in [-0.39, 0.29) is 6.61 Å². The van der Waals surface area contributed by atoms with E-state index in [1.165, 1.54) is 0 Å². The number of aromatic nitrogens is 1. The molecule has 0 aliphatic heterocycles. The Balaban J connectivity index is 2.26. The number of nitrogens with one attached hydrogen (secondary N) is 1. The molecule has 0 radical (unpaired) electrons. The van der Waals surface area contributed by atoms with Gasteiger partial charge in [-0.05, 0) is 20.3 Å². The number of aryl methyl sites for hydroxylation is 1. The Labute approximate surface area is 82.8 Å². The second kappa shape index (κ2) is 5.32. The second-order valence-corrected chi connectivity index (χ2v) is 4.12. The van der Waals surface area contributed by atoms with Crippen LogP contribution in [0.5, 0.6) is 0 Å². The SMILES string of the molecule is Cc1csc(CNC(C)CCO)n1. The van der Waals surface area contributed by atoms with Crippen LogP contribution in [0, 0.1) is 6.92 Å². The Morgan fingerprint density at radius 3 is 3.00 bits per heavy atom. The van der Waals surface area contributed by atoms with Gasteiger partial charge in [0.2, 0.25) is 0 Å². The summed E-state index contributed by atoms with van der Waals surface area (Å²) in [5.74, 6) is 0. The molecule has 74 valence electrons. The van der Waals surface area contributed by atoms with E-state index in [2.05, 4.69) is 17.2 Å². The molecule has 0 aliphatic rings. The molecular weight excluding hydrogens is 184 g/mol. The average Bonchev–Trinajstić information content (AvgIpc) is 2.49. The molecule has 4 heteroatoms. The molecule has 0 bridgehead atoms. The van der Waals surface area contributed by atoms with E-state index in [4.69, 9.17) is 5.11 Å². The zero-order valence-corrected chi connectivity index (χ0v) is 8.90. The predicted octanol–water partition coefficient (Wildman–Crippen LogP) is 1.31. The molecule has 0 saturated carbocycles. The maximum Gasteiger partial charge on any atom is 0.107 e. The summed E-state index contributed by atoms with van der Waals surface area (Å²) in [5, 5.41) is 15.1. The molecule has 0 aromatic carbocycles. The minimum atomic E-state index is 0.241. The molecule has 2 N–H and O–H groups in total. The minimum Gasteiger partial charge on any atom is -0.396 e. The molecule has 0 spiro atoms. The first-order valence-electron chi connectivity index (χ1n) is 4.47. The molecule has 0 aliphatic carbocycles. The maximum atomic E-state index is 8.68. The Kier molecular flexibility index (Phi) is 4.35. The van der Waals surface area contributed by atoms with Gasteiger partial charge in [0.25, 0.3) is 0 Å². The van der Waals surface area contributed by atoms with Crippen LogP contribution in [0.1, 0.15) is 24.0 Å². The molecular formula is C9H16N2OS. The van der Waals surface area contributed by atoms with Gasteiger partial charge < -0.3 is 10.4 Å². The minimum absolute atomic E-state index is 0.241. The highest BCUT2D eigenvalue weighted by Gasteiger charge is 2.02. The largest absolute Gasteiger partial charge is 0.396 e. The summed E-state index contributed by atoms with van der Waals surface area (Å²) >= 11 is 1.67. The predicted molar refractivity (Wildman–Crippen MR) is 54.9 cm³/mol. The number of aliphatic hydroxyl groups is 1. The first kappa shape index (κ1) is 10.6. The van der Waals surface area contributed by atoms with Gasteiger partial charge in [-0.3, -0.25) is 0 Å². The van der Waals surface area contributed by atoms with E-state index >= 15 is 0 Å². The van der Waals surface area contributed by atoms with E-state index in [9.17, 15) is 0 Å². The van der Waals surface area contributed by atoms with Crippen molar-refractivity contribution >= 4 is 11.3 Å². The van der Waals surface area contributed by atoms with E-state index in [1.54, 1.807) is 11.3 Å².